The summed E-state index contributed by atoms with van der Waals surface area (Å²) < 4.78 is 9.23. The Morgan fingerprint density at radius 3 is 2.48 bits per heavy atom. The van der Waals surface area contributed by atoms with E-state index in [4.69, 9.17) is 4.74 Å². The minimum absolute atomic E-state index is 0.216. The molecule has 1 fully saturated rings. The van der Waals surface area contributed by atoms with Crippen LogP contribution in [0.2, 0.25) is 0 Å². The van der Waals surface area contributed by atoms with E-state index in [1.807, 2.05) is 13.0 Å². The fourth-order valence-corrected chi connectivity index (χ4v) is 4.20. The molecule has 1 aromatic carbocycles. The van der Waals surface area contributed by atoms with Crippen LogP contribution in [0.5, 0.6) is 0 Å². The van der Waals surface area contributed by atoms with Crippen LogP contribution in [0.4, 0.5) is 0 Å². The van der Waals surface area contributed by atoms with Gasteiger partial charge in [0.15, 0.2) is 5.78 Å². The minimum Gasteiger partial charge on any atom is -0.378 e. The molecule has 1 aliphatic rings. The first-order chi connectivity index (χ1) is 13.0. The third kappa shape index (κ3) is 5.00. The Kier molecular flexibility index (Phi) is 7.11. The second-order valence-corrected chi connectivity index (χ2v) is 8.61. The molecule has 0 atom stereocenters. The highest BCUT2D eigenvalue weighted by molar-refractivity contribution is 14.1. The van der Waals surface area contributed by atoms with E-state index in [0.717, 1.165) is 61.6 Å². The first kappa shape index (κ1) is 20.6. The average molecular weight is 480 g/mol. The number of carbonyl (C=O) groups is 1. The first-order valence-electron chi connectivity index (χ1n) is 9.81. The molecule has 3 rings (SSSR count). The topological polar surface area (TPSA) is 34.5 Å². The van der Waals surface area contributed by atoms with Crippen molar-refractivity contribution in [3.05, 3.63) is 50.9 Å². The number of ether oxygens (including phenoxy) is 1. The molecule has 0 aliphatic carbocycles. The Morgan fingerprint density at radius 2 is 1.85 bits per heavy atom. The predicted octanol–water partition coefficient (Wildman–Crippen LogP) is 4.77. The molecule has 0 N–H and O–H groups in total. The van der Waals surface area contributed by atoms with Gasteiger partial charge in [-0.3, -0.25) is 9.69 Å². The number of Topliss-reactive ketones (excluding diaryl/α,β-unsaturated/α-hetero) is 1. The molecule has 1 aromatic heterocycles. The van der Waals surface area contributed by atoms with E-state index >= 15 is 0 Å². The highest BCUT2D eigenvalue weighted by atomic mass is 127. The highest BCUT2D eigenvalue weighted by Crippen LogP contribution is 2.23. The summed E-state index contributed by atoms with van der Waals surface area (Å²) in [4.78, 5) is 15.2. The van der Waals surface area contributed by atoms with E-state index in [9.17, 15) is 4.79 Å². The van der Waals surface area contributed by atoms with Crippen LogP contribution in [0.3, 0.4) is 0 Å². The van der Waals surface area contributed by atoms with Gasteiger partial charge < -0.3 is 9.30 Å². The molecule has 0 unspecified atom stereocenters. The number of carbonyl (C=O) groups excluding carboxylic acids is 1. The number of hydrogen-bond donors (Lipinski definition) is 0. The van der Waals surface area contributed by atoms with E-state index < -0.39 is 0 Å². The summed E-state index contributed by atoms with van der Waals surface area (Å²) in [6.07, 6.45) is 3.47. The highest BCUT2D eigenvalue weighted by Gasteiger charge is 2.23. The lowest BCUT2D eigenvalue weighted by atomic mass is 10.1. The summed E-state index contributed by atoms with van der Waals surface area (Å²) in [7, 11) is 0. The third-order valence-electron chi connectivity index (χ3n) is 5.28. The van der Waals surface area contributed by atoms with Gasteiger partial charge in [0.05, 0.1) is 12.6 Å². The van der Waals surface area contributed by atoms with Crippen LogP contribution in [-0.4, -0.2) is 47.6 Å². The fourth-order valence-electron chi connectivity index (χ4n) is 3.84. The monoisotopic (exact) mass is 480 g/mol. The van der Waals surface area contributed by atoms with Crippen molar-refractivity contribution in [1.29, 1.82) is 0 Å². The van der Waals surface area contributed by atoms with Crippen LogP contribution < -0.4 is 0 Å². The van der Waals surface area contributed by atoms with Crippen molar-refractivity contribution in [2.45, 2.75) is 46.1 Å². The van der Waals surface area contributed by atoms with Crippen LogP contribution in [-0.2, 0) is 4.74 Å². The van der Waals surface area contributed by atoms with Crippen molar-refractivity contribution in [1.82, 2.24) is 9.47 Å². The van der Waals surface area contributed by atoms with Crippen LogP contribution in [0.1, 0.15) is 47.9 Å². The van der Waals surface area contributed by atoms with Gasteiger partial charge in [0.1, 0.15) is 0 Å². The Bertz CT molecular complexity index is 774. The Hall–Kier alpha value is -1.18. The lowest BCUT2D eigenvalue weighted by Crippen LogP contribution is -2.40. The SMILES string of the molecule is CCCOC1CCN(CC(=O)c2cc(C)n(-c3ccc(I)cc3)c2C)CC1. The second-order valence-electron chi connectivity index (χ2n) is 7.37. The standard InChI is InChI=1S/C22H29IN2O2/c1-4-13-27-20-9-11-24(12-10-20)15-22(26)21-14-16(2)25(17(21)3)19-7-5-18(23)6-8-19/h5-8,14,20H,4,9-13,15H2,1-3H3. The number of hydrogen-bond acceptors (Lipinski definition) is 3. The van der Waals surface area contributed by atoms with Crippen LogP contribution >= 0.6 is 22.6 Å². The lowest BCUT2D eigenvalue weighted by molar-refractivity contribution is 0.00852. The quantitative estimate of drug-likeness (QED) is 0.423. The van der Waals surface area contributed by atoms with Crippen LogP contribution in [0.15, 0.2) is 30.3 Å². The maximum absolute atomic E-state index is 13.0. The zero-order valence-electron chi connectivity index (χ0n) is 16.5. The molecular formula is C22H29IN2O2. The zero-order chi connectivity index (χ0) is 19.4. The second kappa shape index (κ2) is 9.34. The van der Waals surface area contributed by atoms with E-state index in [1.165, 1.54) is 3.57 Å². The van der Waals surface area contributed by atoms with E-state index in [-0.39, 0.29) is 5.78 Å². The van der Waals surface area contributed by atoms with Gasteiger partial charge in [-0.1, -0.05) is 6.92 Å². The van der Waals surface area contributed by atoms with Crippen LogP contribution in [0.25, 0.3) is 5.69 Å². The summed E-state index contributed by atoms with van der Waals surface area (Å²) in [5.41, 5.74) is 4.08. The number of piperidine rings is 1. The molecule has 1 aliphatic heterocycles. The molecule has 0 radical (unpaired) electrons. The fraction of sp³-hybridized carbons (Fsp3) is 0.500. The molecule has 0 bridgehead atoms. The van der Waals surface area contributed by atoms with Crippen molar-refractivity contribution >= 4 is 28.4 Å². The average Bonchev–Trinajstić information content (AvgIpc) is 2.96. The molecule has 1 saturated heterocycles. The number of likely N-dealkylation sites (tertiary alicyclic amines) is 1. The van der Waals surface area contributed by atoms with Crippen molar-refractivity contribution < 1.29 is 9.53 Å². The summed E-state index contributed by atoms with van der Waals surface area (Å²) in [5, 5.41) is 0. The largest absolute Gasteiger partial charge is 0.378 e. The van der Waals surface area contributed by atoms with E-state index in [1.54, 1.807) is 0 Å². The Morgan fingerprint density at radius 1 is 1.19 bits per heavy atom. The van der Waals surface area contributed by atoms with Gasteiger partial charge in [0.25, 0.3) is 0 Å². The van der Waals surface area contributed by atoms with Crippen molar-refractivity contribution in [2.75, 3.05) is 26.2 Å². The number of halogens is 1. The molecule has 0 saturated carbocycles. The normalized spacial score (nSPS) is 16.0. The van der Waals surface area contributed by atoms with Gasteiger partial charge in [-0.15, -0.1) is 0 Å². The maximum atomic E-state index is 13.0. The van der Waals surface area contributed by atoms with Crippen molar-refractivity contribution in [2.24, 2.45) is 0 Å². The minimum atomic E-state index is 0.216. The predicted molar refractivity (Wildman–Crippen MR) is 118 cm³/mol. The maximum Gasteiger partial charge on any atom is 0.178 e. The molecule has 2 aromatic rings. The molecular weight excluding hydrogens is 451 g/mol. The van der Waals surface area contributed by atoms with Gasteiger partial charge in [0.2, 0.25) is 0 Å². The number of aromatic nitrogens is 1. The summed E-state index contributed by atoms with van der Waals surface area (Å²) in [5.74, 6) is 0.216. The Labute approximate surface area is 176 Å². The lowest BCUT2D eigenvalue weighted by Gasteiger charge is -2.31. The molecule has 2 heterocycles. The van der Waals surface area contributed by atoms with Gasteiger partial charge in [-0.05, 0) is 86.0 Å². The van der Waals surface area contributed by atoms with Gasteiger partial charge >= 0.3 is 0 Å². The van der Waals surface area contributed by atoms with Gasteiger partial charge in [-0.25, -0.2) is 0 Å². The molecule has 146 valence electrons. The smallest absolute Gasteiger partial charge is 0.178 e. The van der Waals surface area contributed by atoms with Crippen molar-refractivity contribution in [3.8, 4) is 5.69 Å². The summed E-state index contributed by atoms with van der Waals surface area (Å²) in [6, 6.07) is 10.4. The molecule has 27 heavy (non-hydrogen) atoms. The number of ketones is 1. The molecule has 0 spiro atoms. The number of nitrogens with zero attached hydrogens (tertiary/aromatic N) is 2. The summed E-state index contributed by atoms with van der Waals surface area (Å²) >= 11 is 2.31. The zero-order valence-corrected chi connectivity index (χ0v) is 18.7. The third-order valence-corrected chi connectivity index (χ3v) is 6.00. The van der Waals surface area contributed by atoms with Crippen LogP contribution in [0, 0.1) is 17.4 Å². The number of rotatable bonds is 7. The molecule has 5 heteroatoms. The molecule has 0 amide bonds. The van der Waals surface area contributed by atoms with Crippen molar-refractivity contribution in [3.63, 3.8) is 0 Å². The van der Waals surface area contributed by atoms with E-state index in [2.05, 4.69) is 70.2 Å². The Balaban J connectivity index is 1.66. The first-order valence-corrected chi connectivity index (χ1v) is 10.9. The number of benzene rings is 1. The number of aryl methyl sites for hydroxylation is 1. The summed E-state index contributed by atoms with van der Waals surface area (Å²) in [6.45, 7) is 9.47. The van der Waals surface area contributed by atoms with E-state index in [0.29, 0.717) is 12.6 Å². The van der Waals surface area contributed by atoms with Gasteiger partial charge in [0, 0.05) is 45.9 Å². The molecule has 4 nitrogen and oxygen atoms in total. The van der Waals surface area contributed by atoms with Gasteiger partial charge in [-0.2, -0.15) is 0 Å².